The van der Waals surface area contributed by atoms with Gasteiger partial charge in [0.2, 0.25) is 0 Å². The van der Waals surface area contributed by atoms with E-state index in [1.54, 1.807) is 6.26 Å². The third kappa shape index (κ3) is 4.83. The molecule has 134 valence electrons. The number of hydrogen-bond acceptors (Lipinski definition) is 2. The largest absolute Gasteiger partial charge is 0.463 e. The molecule has 26 heavy (non-hydrogen) atoms. The third-order valence-corrected chi connectivity index (χ3v) is 4.52. The predicted molar refractivity (Wildman–Crippen MR) is 102 cm³/mol. The zero-order chi connectivity index (χ0) is 18.2. The summed E-state index contributed by atoms with van der Waals surface area (Å²) in [5.41, 5.74) is 2.35. The van der Waals surface area contributed by atoms with Gasteiger partial charge < -0.3 is 15.1 Å². The van der Waals surface area contributed by atoms with Gasteiger partial charge in [0.25, 0.3) is 5.91 Å². The molecule has 2 aromatic carbocycles. The molecule has 4 nitrogen and oxygen atoms in total. The lowest BCUT2D eigenvalue weighted by atomic mass is 10.0. The lowest BCUT2D eigenvalue weighted by Crippen LogP contribution is -2.87. The van der Waals surface area contributed by atoms with Crippen LogP contribution in [-0.4, -0.2) is 19.0 Å². The maximum atomic E-state index is 12.3. The first kappa shape index (κ1) is 18.0. The fraction of sp³-hybridized carbons (Fsp3) is 0.227. The average Bonchev–Trinajstić information content (AvgIpc) is 3.22. The second kappa shape index (κ2) is 9.02. The number of benzene rings is 2. The molecular formula is C22H25N2O2+. The van der Waals surface area contributed by atoms with Gasteiger partial charge in [-0.2, -0.15) is 0 Å². The smallest absolute Gasteiger partial charge is 0.275 e. The number of rotatable bonds is 8. The van der Waals surface area contributed by atoms with Crippen LogP contribution in [0.5, 0.6) is 0 Å². The molecule has 1 heterocycles. The van der Waals surface area contributed by atoms with Crippen LogP contribution in [0.25, 0.3) is 0 Å². The molecule has 0 bridgehead atoms. The molecule has 0 fully saturated rings. The lowest BCUT2D eigenvalue weighted by Gasteiger charge is -2.15. The van der Waals surface area contributed by atoms with Gasteiger partial charge in [0.05, 0.1) is 6.26 Å². The molecule has 0 saturated heterocycles. The molecule has 3 N–H and O–H groups in total. The Morgan fingerprint density at radius 2 is 1.62 bits per heavy atom. The van der Waals surface area contributed by atoms with Crippen molar-refractivity contribution >= 4 is 5.91 Å². The molecule has 1 aromatic heterocycles. The van der Waals surface area contributed by atoms with E-state index in [0.717, 1.165) is 11.3 Å². The molecule has 0 aliphatic heterocycles. The number of amides is 1. The molecule has 1 amide bonds. The summed E-state index contributed by atoms with van der Waals surface area (Å²) >= 11 is 0. The highest BCUT2D eigenvalue weighted by Gasteiger charge is 2.21. The maximum Gasteiger partial charge on any atom is 0.275 e. The van der Waals surface area contributed by atoms with Gasteiger partial charge in [-0.15, -0.1) is 0 Å². The highest BCUT2D eigenvalue weighted by molar-refractivity contribution is 5.76. The van der Waals surface area contributed by atoms with Crippen LogP contribution in [0.4, 0.5) is 0 Å². The van der Waals surface area contributed by atoms with Crippen LogP contribution < -0.4 is 10.6 Å². The van der Waals surface area contributed by atoms with E-state index in [1.165, 1.54) is 5.56 Å². The first-order valence-electron chi connectivity index (χ1n) is 8.97. The Morgan fingerprint density at radius 3 is 2.23 bits per heavy atom. The van der Waals surface area contributed by atoms with Crippen LogP contribution in [0.1, 0.15) is 35.8 Å². The normalized spacial score (nSPS) is 13.1. The second-order valence-electron chi connectivity index (χ2n) is 6.46. The fourth-order valence-electron chi connectivity index (χ4n) is 3.01. The number of quaternary nitrogens is 1. The van der Waals surface area contributed by atoms with E-state index in [2.05, 4.69) is 36.5 Å². The topological polar surface area (TPSA) is 58.9 Å². The van der Waals surface area contributed by atoms with E-state index >= 15 is 0 Å². The standard InChI is InChI=1S/C22H24N2O2/c1-17(18-9-4-2-5-10-18)15-23-21(25)16-24-22(20-13-8-14-26-20)19-11-6-3-7-12-19/h2-14,17,22,24H,15-16H2,1H3,(H,23,25)/p+1/t17-,22+/m0/s1. The Bertz CT molecular complexity index is 786. The molecule has 0 saturated carbocycles. The minimum absolute atomic E-state index is 0.0245. The third-order valence-electron chi connectivity index (χ3n) is 4.52. The minimum atomic E-state index is -0.0245. The van der Waals surface area contributed by atoms with Crippen molar-refractivity contribution < 1.29 is 14.5 Å². The van der Waals surface area contributed by atoms with Gasteiger partial charge in [-0.1, -0.05) is 67.6 Å². The zero-order valence-electron chi connectivity index (χ0n) is 15.0. The van der Waals surface area contributed by atoms with Crippen molar-refractivity contribution in [2.24, 2.45) is 0 Å². The van der Waals surface area contributed by atoms with Crippen molar-refractivity contribution in [1.82, 2.24) is 5.32 Å². The van der Waals surface area contributed by atoms with Gasteiger partial charge in [0.1, 0.15) is 0 Å². The van der Waals surface area contributed by atoms with Crippen molar-refractivity contribution in [3.05, 3.63) is 95.9 Å². The molecule has 0 unspecified atom stereocenters. The van der Waals surface area contributed by atoms with Crippen molar-refractivity contribution in [3.8, 4) is 0 Å². The van der Waals surface area contributed by atoms with E-state index in [0.29, 0.717) is 13.1 Å². The van der Waals surface area contributed by atoms with Crippen LogP contribution in [0.15, 0.2) is 83.5 Å². The van der Waals surface area contributed by atoms with E-state index < -0.39 is 0 Å². The van der Waals surface area contributed by atoms with Crippen LogP contribution >= 0.6 is 0 Å². The number of nitrogens with one attached hydrogen (secondary N) is 1. The van der Waals surface area contributed by atoms with Gasteiger partial charge in [-0.3, -0.25) is 4.79 Å². The van der Waals surface area contributed by atoms with Crippen molar-refractivity contribution in [1.29, 1.82) is 0 Å². The molecule has 0 aliphatic carbocycles. The molecule has 0 spiro atoms. The van der Waals surface area contributed by atoms with Gasteiger partial charge >= 0.3 is 0 Å². The Balaban J connectivity index is 1.55. The first-order chi connectivity index (χ1) is 12.7. The molecule has 0 radical (unpaired) electrons. The quantitative estimate of drug-likeness (QED) is 0.657. The Kier molecular flexibility index (Phi) is 6.23. The second-order valence-corrected chi connectivity index (χ2v) is 6.46. The van der Waals surface area contributed by atoms with Gasteiger partial charge in [0.15, 0.2) is 18.3 Å². The van der Waals surface area contributed by atoms with Gasteiger partial charge in [-0.25, -0.2) is 0 Å². The van der Waals surface area contributed by atoms with E-state index in [9.17, 15) is 4.79 Å². The van der Waals surface area contributed by atoms with Crippen LogP contribution in [0.2, 0.25) is 0 Å². The SMILES string of the molecule is C[C@@H](CNC(=O)C[NH2+][C@H](c1ccccc1)c1ccco1)c1ccccc1. The summed E-state index contributed by atoms with van der Waals surface area (Å²) < 4.78 is 5.58. The number of carbonyl (C=O) groups excluding carboxylic acids is 1. The van der Waals surface area contributed by atoms with Gasteiger partial charge in [-0.05, 0) is 23.6 Å². The molecule has 2 atom stereocenters. The van der Waals surface area contributed by atoms with E-state index in [1.807, 2.05) is 53.8 Å². The summed E-state index contributed by atoms with van der Waals surface area (Å²) in [5.74, 6) is 1.16. The van der Waals surface area contributed by atoms with Gasteiger partial charge in [0, 0.05) is 12.1 Å². The Labute approximate surface area is 154 Å². The number of furan rings is 1. The molecule has 0 aliphatic rings. The van der Waals surface area contributed by atoms with Crippen LogP contribution in [-0.2, 0) is 4.79 Å². The van der Waals surface area contributed by atoms with Crippen molar-refractivity contribution in [2.45, 2.75) is 18.9 Å². The van der Waals surface area contributed by atoms with E-state index in [4.69, 9.17) is 4.42 Å². The summed E-state index contributed by atoms with van der Waals surface area (Å²) in [5, 5.41) is 5.04. The fourth-order valence-corrected chi connectivity index (χ4v) is 3.01. The molecular weight excluding hydrogens is 324 g/mol. The Hall–Kier alpha value is -2.85. The first-order valence-corrected chi connectivity index (χ1v) is 8.97. The monoisotopic (exact) mass is 349 g/mol. The minimum Gasteiger partial charge on any atom is -0.463 e. The number of carbonyl (C=O) groups is 1. The van der Waals surface area contributed by atoms with Crippen molar-refractivity contribution in [2.75, 3.05) is 13.1 Å². The zero-order valence-corrected chi connectivity index (χ0v) is 15.0. The number of nitrogens with two attached hydrogens (primary N) is 1. The lowest BCUT2D eigenvalue weighted by molar-refractivity contribution is -0.678. The predicted octanol–water partition coefficient (Wildman–Crippen LogP) is 2.85. The van der Waals surface area contributed by atoms with Crippen molar-refractivity contribution in [3.63, 3.8) is 0 Å². The molecule has 3 rings (SSSR count). The summed E-state index contributed by atoms with van der Waals surface area (Å²) in [4.78, 5) is 12.3. The number of hydrogen-bond donors (Lipinski definition) is 2. The maximum absolute atomic E-state index is 12.3. The van der Waals surface area contributed by atoms with Crippen LogP contribution in [0.3, 0.4) is 0 Å². The highest BCUT2D eigenvalue weighted by Crippen LogP contribution is 2.18. The molecule has 4 heteroatoms. The molecule has 3 aromatic rings. The Morgan fingerprint density at radius 1 is 0.962 bits per heavy atom. The average molecular weight is 349 g/mol. The summed E-state index contributed by atoms with van der Waals surface area (Å²) in [6.45, 7) is 3.10. The van der Waals surface area contributed by atoms with Crippen LogP contribution in [0, 0.1) is 0 Å². The summed E-state index contributed by atoms with van der Waals surface area (Å²) in [6, 6.07) is 24.1. The van der Waals surface area contributed by atoms with E-state index in [-0.39, 0.29) is 17.9 Å². The summed E-state index contributed by atoms with van der Waals surface area (Å²) in [6.07, 6.45) is 1.67. The summed E-state index contributed by atoms with van der Waals surface area (Å²) in [7, 11) is 0. The highest BCUT2D eigenvalue weighted by atomic mass is 16.3.